The molecule has 0 radical (unpaired) electrons. The molecular formula is C15H29NO2. The van der Waals surface area contributed by atoms with E-state index >= 15 is 0 Å². The highest BCUT2D eigenvalue weighted by molar-refractivity contribution is 5.82. The lowest BCUT2D eigenvalue weighted by Gasteiger charge is -2.34. The minimum atomic E-state index is 0.227. The SMILES string of the molecule is CC1CC(=O)C(CN(C)CCOC(C)C)C(C)C1. The van der Waals surface area contributed by atoms with Crippen LogP contribution in [0.1, 0.15) is 40.5 Å². The number of Topliss-reactive ketones (excluding diaryl/α,β-unsaturated/α-hetero) is 1. The van der Waals surface area contributed by atoms with Crippen LogP contribution in [0.25, 0.3) is 0 Å². The fraction of sp³-hybridized carbons (Fsp3) is 0.933. The van der Waals surface area contributed by atoms with Crippen LogP contribution in [0.3, 0.4) is 0 Å². The van der Waals surface area contributed by atoms with Crippen molar-refractivity contribution in [3.63, 3.8) is 0 Å². The van der Waals surface area contributed by atoms with Crippen molar-refractivity contribution in [2.24, 2.45) is 17.8 Å². The van der Waals surface area contributed by atoms with Crippen LogP contribution in [0, 0.1) is 17.8 Å². The molecule has 106 valence electrons. The summed E-state index contributed by atoms with van der Waals surface area (Å²) in [6, 6.07) is 0. The summed E-state index contributed by atoms with van der Waals surface area (Å²) in [7, 11) is 2.09. The van der Waals surface area contributed by atoms with Gasteiger partial charge < -0.3 is 9.64 Å². The lowest BCUT2D eigenvalue weighted by molar-refractivity contribution is -0.128. The Morgan fingerprint density at radius 1 is 1.39 bits per heavy atom. The largest absolute Gasteiger partial charge is 0.377 e. The molecule has 0 aliphatic heterocycles. The van der Waals surface area contributed by atoms with Crippen molar-refractivity contribution in [1.82, 2.24) is 4.90 Å². The average Bonchev–Trinajstić information content (AvgIpc) is 2.22. The fourth-order valence-electron chi connectivity index (χ4n) is 2.85. The van der Waals surface area contributed by atoms with E-state index in [1.807, 2.05) is 13.8 Å². The third kappa shape index (κ3) is 5.07. The van der Waals surface area contributed by atoms with Gasteiger partial charge in [-0.15, -0.1) is 0 Å². The normalized spacial score (nSPS) is 29.3. The van der Waals surface area contributed by atoms with Gasteiger partial charge in [0.25, 0.3) is 0 Å². The molecular weight excluding hydrogens is 226 g/mol. The first-order chi connectivity index (χ1) is 8.40. The standard InChI is InChI=1S/C15H29NO2/c1-11(2)18-7-6-16(5)10-14-13(4)8-12(3)9-15(14)17/h11-14H,6-10H2,1-5H3. The molecule has 1 aliphatic carbocycles. The van der Waals surface area contributed by atoms with Crippen LogP contribution in [-0.4, -0.2) is 43.5 Å². The molecule has 0 N–H and O–H groups in total. The van der Waals surface area contributed by atoms with Gasteiger partial charge in [-0.1, -0.05) is 13.8 Å². The molecule has 0 amide bonds. The summed E-state index contributed by atoms with van der Waals surface area (Å²) in [4.78, 5) is 14.3. The van der Waals surface area contributed by atoms with Crippen LogP contribution < -0.4 is 0 Å². The third-order valence-electron chi connectivity index (χ3n) is 3.86. The summed E-state index contributed by atoms with van der Waals surface area (Å²) in [5, 5.41) is 0. The number of carbonyl (C=O) groups excluding carboxylic acids is 1. The predicted octanol–water partition coefficient (Wildman–Crippen LogP) is 2.59. The second kappa shape index (κ2) is 7.25. The van der Waals surface area contributed by atoms with Crippen molar-refractivity contribution >= 4 is 5.78 Å². The Kier molecular flexibility index (Phi) is 6.30. The van der Waals surface area contributed by atoms with Gasteiger partial charge in [-0.05, 0) is 39.2 Å². The highest BCUT2D eigenvalue weighted by Crippen LogP contribution is 2.31. The summed E-state index contributed by atoms with van der Waals surface area (Å²) in [5.41, 5.74) is 0. The second-order valence-corrected chi connectivity index (χ2v) is 6.28. The van der Waals surface area contributed by atoms with Crippen LogP contribution in [0.2, 0.25) is 0 Å². The quantitative estimate of drug-likeness (QED) is 0.730. The van der Waals surface area contributed by atoms with E-state index in [0.29, 0.717) is 17.6 Å². The van der Waals surface area contributed by atoms with Gasteiger partial charge in [0.15, 0.2) is 0 Å². The lowest BCUT2D eigenvalue weighted by atomic mass is 9.74. The molecule has 0 heterocycles. The fourth-order valence-corrected chi connectivity index (χ4v) is 2.85. The molecule has 3 unspecified atom stereocenters. The smallest absolute Gasteiger partial charge is 0.137 e. The number of carbonyl (C=O) groups is 1. The first kappa shape index (κ1) is 15.6. The van der Waals surface area contributed by atoms with E-state index in [-0.39, 0.29) is 12.0 Å². The zero-order chi connectivity index (χ0) is 13.7. The zero-order valence-corrected chi connectivity index (χ0v) is 12.6. The van der Waals surface area contributed by atoms with Crippen LogP contribution in [0.15, 0.2) is 0 Å². The highest BCUT2D eigenvalue weighted by atomic mass is 16.5. The second-order valence-electron chi connectivity index (χ2n) is 6.28. The van der Waals surface area contributed by atoms with Crippen LogP contribution in [0.4, 0.5) is 0 Å². The highest BCUT2D eigenvalue weighted by Gasteiger charge is 2.32. The van der Waals surface area contributed by atoms with E-state index in [1.54, 1.807) is 0 Å². The molecule has 3 heteroatoms. The predicted molar refractivity (Wildman–Crippen MR) is 74.6 cm³/mol. The van der Waals surface area contributed by atoms with Gasteiger partial charge >= 0.3 is 0 Å². The maximum atomic E-state index is 12.1. The number of hydrogen-bond acceptors (Lipinski definition) is 3. The summed E-state index contributed by atoms with van der Waals surface area (Å²) >= 11 is 0. The topological polar surface area (TPSA) is 29.5 Å². The summed E-state index contributed by atoms with van der Waals surface area (Å²) in [6.45, 7) is 11.0. The van der Waals surface area contributed by atoms with Gasteiger partial charge in [0, 0.05) is 25.4 Å². The molecule has 0 aromatic rings. The van der Waals surface area contributed by atoms with Gasteiger partial charge in [-0.25, -0.2) is 0 Å². The molecule has 0 bridgehead atoms. The van der Waals surface area contributed by atoms with E-state index in [1.165, 1.54) is 6.42 Å². The summed E-state index contributed by atoms with van der Waals surface area (Å²) < 4.78 is 5.55. The Morgan fingerprint density at radius 2 is 2.06 bits per heavy atom. The van der Waals surface area contributed by atoms with E-state index < -0.39 is 0 Å². The van der Waals surface area contributed by atoms with E-state index in [0.717, 1.165) is 26.1 Å². The zero-order valence-electron chi connectivity index (χ0n) is 12.6. The molecule has 3 nitrogen and oxygen atoms in total. The number of likely N-dealkylation sites (N-methyl/N-ethyl adjacent to an activating group) is 1. The van der Waals surface area contributed by atoms with Gasteiger partial charge in [-0.3, -0.25) is 4.79 Å². The Labute approximate surface area is 112 Å². The molecule has 0 spiro atoms. The maximum Gasteiger partial charge on any atom is 0.137 e. The van der Waals surface area contributed by atoms with Gasteiger partial charge in [0.2, 0.25) is 0 Å². The molecule has 1 saturated carbocycles. The minimum Gasteiger partial charge on any atom is -0.377 e. The molecule has 18 heavy (non-hydrogen) atoms. The van der Waals surface area contributed by atoms with Crippen molar-refractivity contribution in [3.8, 4) is 0 Å². The van der Waals surface area contributed by atoms with Crippen molar-refractivity contribution in [2.75, 3.05) is 26.7 Å². The molecule has 0 aromatic heterocycles. The number of hydrogen-bond donors (Lipinski definition) is 0. The first-order valence-corrected chi connectivity index (χ1v) is 7.23. The van der Waals surface area contributed by atoms with Crippen LogP contribution in [0.5, 0.6) is 0 Å². The van der Waals surface area contributed by atoms with Crippen LogP contribution >= 0.6 is 0 Å². The average molecular weight is 255 g/mol. The van der Waals surface area contributed by atoms with Crippen molar-refractivity contribution in [3.05, 3.63) is 0 Å². The van der Waals surface area contributed by atoms with Gasteiger partial charge in [0.05, 0.1) is 12.7 Å². The monoisotopic (exact) mass is 255 g/mol. The Morgan fingerprint density at radius 3 is 2.61 bits per heavy atom. The Bertz CT molecular complexity index is 265. The van der Waals surface area contributed by atoms with Crippen molar-refractivity contribution in [2.45, 2.75) is 46.6 Å². The van der Waals surface area contributed by atoms with E-state index in [2.05, 4.69) is 25.8 Å². The van der Waals surface area contributed by atoms with E-state index in [4.69, 9.17) is 4.74 Å². The lowest BCUT2D eigenvalue weighted by Crippen LogP contribution is -2.39. The molecule has 1 rings (SSSR count). The number of ether oxygens (including phenoxy) is 1. The van der Waals surface area contributed by atoms with Crippen molar-refractivity contribution < 1.29 is 9.53 Å². The molecule has 3 atom stereocenters. The summed E-state index contributed by atoms with van der Waals surface area (Å²) in [6.07, 6.45) is 2.24. The molecule has 1 aliphatic rings. The molecule has 0 saturated heterocycles. The summed E-state index contributed by atoms with van der Waals surface area (Å²) in [5.74, 6) is 1.77. The third-order valence-corrected chi connectivity index (χ3v) is 3.86. The Hall–Kier alpha value is -0.410. The Balaban J connectivity index is 2.34. The first-order valence-electron chi connectivity index (χ1n) is 7.23. The van der Waals surface area contributed by atoms with Gasteiger partial charge in [-0.2, -0.15) is 0 Å². The van der Waals surface area contributed by atoms with Gasteiger partial charge in [0.1, 0.15) is 5.78 Å². The maximum absolute atomic E-state index is 12.1. The minimum absolute atomic E-state index is 0.227. The van der Waals surface area contributed by atoms with E-state index in [9.17, 15) is 4.79 Å². The van der Waals surface area contributed by atoms with Crippen LogP contribution in [-0.2, 0) is 9.53 Å². The number of nitrogens with zero attached hydrogens (tertiary/aromatic N) is 1. The number of ketones is 1. The molecule has 1 fully saturated rings. The van der Waals surface area contributed by atoms with Crippen molar-refractivity contribution in [1.29, 1.82) is 0 Å². The number of rotatable bonds is 6. The molecule has 0 aromatic carbocycles.